The zero-order chi connectivity index (χ0) is 47.6. The molecule has 0 aliphatic carbocycles. The Bertz CT molecular complexity index is 1250. The van der Waals surface area contributed by atoms with Crippen LogP contribution in [0.25, 0.3) is 0 Å². The third-order valence-electron chi connectivity index (χ3n) is 12.8. The molecule has 1 rings (SSSR count). The van der Waals surface area contributed by atoms with E-state index >= 15 is 0 Å². The van der Waals surface area contributed by atoms with Crippen LogP contribution in [0.3, 0.4) is 0 Å². The van der Waals surface area contributed by atoms with E-state index in [-0.39, 0.29) is 12.5 Å². The summed E-state index contributed by atoms with van der Waals surface area (Å²) in [4.78, 5) is 13.1. The van der Waals surface area contributed by atoms with E-state index in [1.54, 1.807) is 0 Å². The lowest BCUT2D eigenvalue weighted by Gasteiger charge is -2.41. The highest BCUT2D eigenvalue weighted by Gasteiger charge is 2.48. The first kappa shape index (κ1) is 61.6. The molecule has 0 bridgehead atoms. The van der Waals surface area contributed by atoms with Crippen molar-refractivity contribution in [1.29, 1.82) is 0 Å². The van der Waals surface area contributed by atoms with E-state index in [4.69, 9.17) is 9.47 Å². The monoisotopic (exact) mass is 946 g/mol. The number of nitrogens with one attached hydrogen (secondary N) is 1. The zero-order valence-corrected chi connectivity index (χ0v) is 42.1. The Hall–Kier alpha value is -1.42. The minimum atomic E-state index is -5.08. The van der Waals surface area contributed by atoms with Crippen molar-refractivity contribution < 1.29 is 51.8 Å². The predicted molar refractivity (Wildman–Crippen MR) is 264 cm³/mol. The molecule has 0 aromatic carbocycles. The molecule has 384 valence electrons. The van der Waals surface area contributed by atoms with Crippen molar-refractivity contribution in [3.8, 4) is 0 Å². The summed E-state index contributed by atoms with van der Waals surface area (Å²) in [5.74, 6) is -0.232. The molecule has 12 nitrogen and oxygen atoms in total. The van der Waals surface area contributed by atoms with Crippen LogP contribution in [0.1, 0.15) is 245 Å². The number of rotatable bonds is 46. The number of aliphatic hydroxyl groups is 4. The number of amides is 1. The normalized spacial score (nSPS) is 20.3. The Morgan fingerprint density at radius 1 is 0.615 bits per heavy atom. The van der Waals surface area contributed by atoms with Crippen LogP contribution < -0.4 is 5.32 Å². The van der Waals surface area contributed by atoms with E-state index in [0.717, 1.165) is 51.4 Å². The second kappa shape index (κ2) is 42.7. The van der Waals surface area contributed by atoms with Crippen LogP contribution in [-0.2, 0) is 28.9 Å². The van der Waals surface area contributed by atoms with Crippen molar-refractivity contribution in [2.75, 3.05) is 13.2 Å². The summed E-state index contributed by atoms with van der Waals surface area (Å²) >= 11 is 0. The first-order valence-electron chi connectivity index (χ1n) is 26.7. The second-order valence-electron chi connectivity index (χ2n) is 18.8. The molecule has 0 saturated carbocycles. The van der Waals surface area contributed by atoms with E-state index in [1.165, 1.54) is 161 Å². The summed E-state index contributed by atoms with van der Waals surface area (Å²) in [6, 6.07) is -0.857. The highest BCUT2D eigenvalue weighted by molar-refractivity contribution is 7.80. The molecule has 0 spiro atoms. The fourth-order valence-electron chi connectivity index (χ4n) is 8.61. The molecule has 0 aromatic rings. The van der Waals surface area contributed by atoms with Crippen LogP contribution in [0, 0.1) is 0 Å². The van der Waals surface area contributed by atoms with Gasteiger partial charge in [-0.3, -0.25) is 9.35 Å². The van der Waals surface area contributed by atoms with Crippen LogP contribution in [-0.4, -0.2) is 95.4 Å². The molecule has 6 N–H and O–H groups in total. The minimum absolute atomic E-state index is 0.232. The van der Waals surface area contributed by atoms with Crippen molar-refractivity contribution in [2.24, 2.45) is 0 Å². The summed E-state index contributed by atoms with van der Waals surface area (Å²) < 4.78 is 47.7. The molecule has 1 aliphatic heterocycles. The third kappa shape index (κ3) is 35.4. The average Bonchev–Trinajstić information content (AvgIpc) is 3.28. The van der Waals surface area contributed by atoms with Crippen LogP contribution in [0.5, 0.6) is 0 Å². The van der Waals surface area contributed by atoms with Gasteiger partial charge in [0, 0.05) is 6.42 Å². The minimum Gasteiger partial charge on any atom is -0.394 e. The van der Waals surface area contributed by atoms with Crippen LogP contribution in [0.4, 0.5) is 0 Å². The number of allylic oxidation sites excluding steroid dienone is 4. The molecule has 0 radical (unpaired) electrons. The number of ether oxygens (including phenoxy) is 2. The van der Waals surface area contributed by atoms with Crippen molar-refractivity contribution in [3.05, 3.63) is 24.3 Å². The van der Waals surface area contributed by atoms with Gasteiger partial charge in [-0.25, -0.2) is 4.18 Å². The lowest BCUT2D eigenvalue weighted by atomic mass is 9.99. The molecular weight excluding hydrogens is 847 g/mol. The molecule has 1 saturated heterocycles. The molecule has 1 heterocycles. The van der Waals surface area contributed by atoms with Gasteiger partial charge in [0.2, 0.25) is 5.91 Å². The molecule has 1 aliphatic rings. The van der Waals surface area contributed by atoms with Crippen molar-refractivity contribution in [2.45, 2.75) is 288 Å². The average molecular weight is 946 g/mol. The SMILES string of the molecule is CCCCCCCCCCC/C=C\C/C=C\CCCCCCCCCCCCCC(=O)NC(COC1OC(CO)C(O)C(OS(=O)(=O)O)C1O)C(O)CCCCCCCCCCCCC. The lowest BCUT2D eigenvalue weighted by molar-refractivity contribution is -0.298. The molecule has 65 heavy (non-hydrogen) atoms. The maximum Gasteiger partial charge on any atom is 0.397 e. The van der Waals surface area contributed by atoms with Crippen molar-refractivity contribution in [1.82, 2.24) is 5.32 Å². The Morgan fingerprint density at radius 3 is 1.46 bits per heavy atom. The summed E-state index contributed by atoms with van der Waals surface area (Å²) in [6.45, 7) is 3.45. The van der Waals surface area contributed by atoms with Gasteiger partial charge in [0.05, 0.1) is 25.4 Å². The van der Waals surface area contributed by atoms with Gasteiger partial charge in [-0.05, 0) is 44.9 Å². The second-order valence-corrected chi connectivity index (χ2v) is 19.9. The largest absolute Gasteiger partial charge is 0.397 e. The number of hydrogen-bond acceptors (Lipinski definition) is 10. The topological polar surface area (TPSA) is 192 Å². The fraction of sp³-hybridized carbons (Fsp3) is 0.904. The molecule has 7 atom stereocenters. The van der Waals surface area contributed by atoms with E-state index in [2.05, 4.69) is 47.7 Å². The van der Waals surface area contributed by atoms with E-state index in [1.807, 2.05) is 0 Å². The quantitative estimate of drug-likeness (QED) is 0.0193. The smallest absolute Gasteiger partial charge is 0.394 e. The highest BCUT2D eigenvalue weighted by Crippen LogP contribution is 2.26. The number of carbonyl (C=O) groups is 1. The van der Waals surface area contributed by atoms with E-state index in [0.29, 0.717) is 19.3 Å². The predicted octanol–water partition coefficient (Wildman–Crippen LogP) is 11.7. The molecule has 1 fully saturated rings. The number of unbranched alkanes of at least 4 members (excludes halogenated alkanes) is 30. The molecule has 7 unspecified atom stereocenters. The molecular formula is C52H99NO11S. The van der Waals surface area contributed by atoms with Crippen molar-refractivity contribution >= 4 is 16.3 Å². The first-order chi connectivity index (χ1) is 31.5. The van der Waals surface area contributed by atoms with Gasteiger partial charge in [-0.15, -0.1) is 0 Å². The first-order valence-corrected chi connectivity index (χ1v) is 28.1. The maximum atomic E-state index is 13.1. The van der Waals surface area contributed by atoms with E-state index < -0.39 is 59.9 Å². The molecule has 1 amide bonds. The Kier molecular flexibility index (Phi) is 40.4. The van der Waals surface area contributed by atoms with Gasteiger partial charge in [-0.2, -0.15) is 8.42 Å². The zero-order valence-electron chi connectivity index (χ0n) is 41.3. The molecule has 0 aromatic heterocycles. The van der Waals surface area contributed by atoms with Crippen LogP contribution in [0.15, 0.2) is 24.3 Å². The Labute approximate surface area is 397 Å². The van der Waals surface area contributed by atoms with Gasteiger partial charge < -0.3 is 35.2 Å². The fourth-order valence-corrected chi connectivity index (χ4v) is 9.12. The number of aliphatic hydroxyl groups excluding tert-OH is 4. The summed E-state index contributed by atoms with van der Waals surface area (Å²) in [5.41, 5.74) is 0. The lowest BCUT2D eigenvalue weighted by Crippen LogP contribution is -2.61. The van der Waals surface area contributed by atoms with Gasteiger partial charge in [-0.1, -0.05) is 218 Å². The number of hydrogen-bond donors (Lipinski definition) is 6. The summed E-state index contributed by atoms with van der Waals surface area (Å²) in [7, 11) is -5.08. The van der Waals surface area contributed by atoms with Gasteiger partial charge in [0.15, 0.2) is 6.29 Å². The third-order valence-corrected chi connectivity index (χ3v) is 13.2. The van der Waals surface area contributed by atoms with Gasteiger partial charge in [0.1, 0.15) is 24.4 Å². The Morgan fingerprint density at radius 2 is 1.03 bits per heavy atom. The van der Waals surface area contributed by atoms with E-state index in [9.17, 15) is 38.2 Å². The van der Waals surface area contributed by atoms with Gasteiger partial charge in [0.25, 0.3) is 0 Å². The summed E-state index contributed by atoms with van der Waals surface area (Å²) in [5, 5.41) is 44.9. The van der Waals surface area contributed by atoms with Crippen LogP contribution in [0.2, 0.25) is 0 Å². The van der Waals surface area contributed by atoms with Crippen LogP contribution >= 0.6 is 0 Å². The maximum absolute atomic E-state index is 13.1. The van der Waals surface area contributed by atoms with Crippen molar-refractivity contribution in [3.63, 3.8) is 0 Å². The molecule has 13 heteroatoms. The highest BCUT2D eigenvalue weighted by atomic mass is 32.3. The summed E-state index contributed by atoms with van der Waals surface area (Å²) in [6.07, 6.45) is 42.0. The standard InChI is InChI=1S/C52H99NO11S/c1-3-5-7-9-11-13-15-16-17-18-19-20-21-22-23-24-25-26-27-28-29-30-32-34-36-38-40-42-48(56)53-45(46(55)41-39-37-35-33-31-14-12-10-8-6-4-2)44-62-52-50(58)51(64-65(59,60)61)49(57)47(43-54)63-52/h19-20,22-23,45-47,49-52,54-55,57-58H,3-18,21,24-44H2,1-2H3,(H,53,56)(H,59,60,61)/b20-19-,23-22-. The van der Waals surface area contributed by atoms with Gasteiger partial charge >= 0.3 is 10.4 Å². The number of carbonyl (C=O) groups excluding carboxylic acids is 1. The Balaban J connectivity index is 2.31.